The number of hydrogen-bond donors (Lipinski definition) is 2. The number of anilines is 2. The standard InChI is InChI=1S/C23H23ClN2O3S2/c1-16-21(24)9-6-10-22(16)26-31(28,29)20-13-11-19(12-14-20)25-23(27)17(2)30-15-18-7-4-3-5-8-18/h3-14,17,26H,15H2,1-2H3,(H,25,27)/t17-/m1/s1. The first-order valence-electron chi connectivity index (χ1n) is 9.60. The van der Waals surface area contributed by atoms with Crippen molar-refractivity contribution in [1.82, 2.24) is 0 Å². The summed E-state index contributed by atoms with van der Waals surface area (Å²) in [6.45, 7) is 3.59. The van der Waals surface area contributed by atoms with Gasteiger partial charge in [0.25, 0.3) is 10.0 Å². The van der Waals surface area contributed by atoms with Gasteiger partial charge >= 0.3 is 0 Å². The van der Waals surface area contributed by atoms with Gasteiger partial charge in [-0.25, -0.2) is 8.42 Å². The Morgan fingerprint density at radius 1 is 1.00 bits per heavy atom. The Kier molecular flexibility index (Phi) is 7.64. The Morgan fingerprint density at radius 2 is 1.68 bits per heavy atom. The van der Waals surface area contributed by atoms with Crippen LogP contribution in [0.3, 0.4) is 0 Å². The van der Waals surface area contributed by atoms with Crippen LogP contribution < -0.4 is 10.0 Å². The van der Waals surface area contributed by atoms with Crippen LogP contribution in [-0.2, 0) is 20.6 Å². The van der Waals surface area contributed by atoms with Gasteiger partial charge in [-0.2, -0.15) is 0 Å². The van der Waals surface area contributed by atoms with E-state index in [-0.39, 0.29) is 16.1 Å². The highest BCUT2D eigenvalue weighted by Gasteiger charge is 2.17. The molecule has 0 saturated carbocycles. The van der Waals surface area contributed by atoms with E-state index in [1.165, 1.54) is 23.9 Å². The lowest BCUT2D eigenvalue weighted by Gasteiger charge is -2.14. The zero-order valence-electron chi connectivity index (χ0n) is 17.1. The molecule has 0 aromatic heterocycles. The lowest BCUT2D eigenvalue weighted by molar-refractivity contribution is -0.115. The Labute approximate surface area is 192 Å². The third-order valence-corrected chi connectivity index (χ3v) is 7.66. The summed E-state index contributed by atoms with van der Waals surface area (Å²) in [4.78, 5) is 12.5. The molecular formula is C23H23ClN2O3S2. The summed E-state index contributed by atoms with van der Waals surface area (Å²) in [5.74, 6) is 0.602. The predicted octanol–water partition coefficient (Wildman–Crippen LogP) is 5.71. The first kappa shape index (κ1) is 23.2. The SMILES string of the molecule is Cc1c(Cl)cccc1NS(=O)(=O)c1ccc(NC(=O)[C@@H](C)SCc2ccccc2)cc1. The lowest BCUT2D eigenvalue weighted by atomic mass is 10.2. The smallest absolute Gasteiger partial charge is 0.261 e. The second kappa shape index (κ2) is 10.2. The highest BCUT2D eigenvalue weighted by atomic mass is 35.5. The van der Waals surface area contributed by atoms with Crippen LogP contribution >= 0.6 is 23.4 Å². The van der Waals surface area contributed by atoms with E-state index >= 15 is 0 Å². The molecule has 1 amide bonds. The molecular weight excluding hydrogens is 452 g/mol. The van der Waals surface area contributed by atoms with Gasteiger partial charge in [-0.1, -0.05) is 48.0 Å². The molecule has 0 unspecified atom stereocenters. The van der Waals surface area contributed by atoms with Crippen LogP contribution in [0.1, 0.15) is 18.1 Å². The number of hydrogen-bond acceptors (Lipinski definition) is 4. The van der Waals surface area contributed by atoms with Gasteiger partial charge < -0.3 is 5.32 Å². The summed E-state index contributed by atoms with van der Waals surface area (Å²) in [5.41, 5.74) is 2.77. The molecule has 0 radical (unpaired) electrons. The Bertz CT molecular complexity index is 1150. The van der Waals surface area contributed by atoms with Crippen molar-refractivity contribution >= 4 is 50.7 Å². The van der Waals surface area contributed by atoms with E-state index in [1.807, 2.05) is 37.3 Å². The third-order valence-electron chi connectivity index (χ3n) is 4.66. The Balaban J connectivity index is 1.61. The molecule has 0 heterocycles. The second-order valence-corrected chi connectivity index (χ2v) is 10.4. The van der Waals surface area contributed by atoms with Gasteiger partial charge in [0.15, 0.2) is 0 Å². The normalized spacial score (nSPS) is 12.2. The van der Waals surface area contributed by atoms with Crippen LogP contribution in [-0.4, -0.2) is 19.6 Å². The summed E-state index contributed by atoms with van der Waals surface area (Å²) < 4.78 is 27.9. The van der Waals surface area contributed by atoms with Gasteiger partial charge in [0.1, 0.15) is 0 Å². The number of thioether (sulfide) groups is 1. The van der Waals surface area contributed by atoms with Crippen molar-refractivity contribution in [1.29, 1.82) is 0 Å². The molecule has 3 rings (SSSR count). The quantitative estimate of drug-likeness (QED) is 0.438. The van der Waals surface area contributed by atoms with E-state index in [2.05, 4.69) is 10.0 Å². The van der Waals surface area contributed by atoms with Crippen LogP contribution in [0.2, 0.25) is 5.02 Å². The van der Waals surface area contributed by atoms with Gasteiger partial charge in [-0.3, -0.25) is 9.52 Å². The zero-order chi connectivity index (χ0) is 22.4. The Morgan fingerprint density at radius 3 is 2.35 bits per heavy atom. The van der Waals surface area contributed by atoms with E-state index < -0.39 is 10.0 Å². The molecule has 0 aliphatic rings. The maximum Gasteiger partial charge on any atom is 0.261 e. The highest BCUT2D eigenvalue weighted by molar-refractivity contribution is 7.99. The van der Waals surface area contributed by atoms with Crippen molar-refractivity contribution in [2.24, 2.45) is 0 Å². The number of carbonyl (C=O) groups is 1. The molecule has 0 fully saturated rings. The van der Waals surface area contributed by atoms with Gasteiger partial charge in [0.2, 0.25) is 5.91 Å². The summed E-state index contributed by atoms with van der Waals surface area (Å²) in [7, 11) is -3.78. The van der Waals surface area contributed by atoms with E-state index in [0.29, 0.717) is 22.0 Å². The monoisotopic (exact) mass is 474 g/mol. The lowest BCUT2D eigenvalue weighted by Crippen LogP contribution is -2.22. The van der Waals surface area contributed by atoms with Crippen molar-refractivity contribution in [3.05, 3.63) is 88.9 Å². The molecule has 162 valence electrons. The number of nitrogens with one attached hydrogen (secondary N) is 2. The molecule has 0 saturated heterocycles. The first-order chi connectivity index (χ1) is 14.8. The summed E-state index contributed by atoms with van der Waals surface area (Å²) in [6, 6.07) is 21.1. The van der Waals surface area contributed by atoms with Crippen molar-refractivity contribution in [2.45, 2.75) is 29.7 Å². The van der Waals surface area contributed by atoms with Crippen LogP contribution in [0.4, 0.5) is 11.4 Å². The number of benzene rings is 3. The molecule has 8 heteroatoms. The molecule has 3 aromatic rings. The van der Waals surface area contributed by atoms with Crippen molar-refractivity contribution in [2.75, 3.05) is 10.0 Å². The average Bonchev–Trinajstić information content (AvgIpc) is 2.76. The van der Waals surface area contributed by atoms with E-state index in [9.17, 15) is 13.2 Å². The molecule has 2 N–H and O–H groups in total. The average molecular weight is 475 g/mol. The third kappa shape index (κ3) is 6.26. The fraction of sp³-hybridized carbons (Fsp3) is 0.174. The predicted molar refractivity (Wildman–Crippen MR) is 129 cm³/mol. The first-order valence-corrected chi connectivity index (χ1v) is 12.5. The van der Waals surface area contributed by atoms with Crippen LogP contribution in [0.15, 0.2) is 77.7 Å². The maximum absolute atomic E-state index is 12.7. The number of halogens is 1. The van der Waals surface area contributed by atoms with Crippen LogP contribution in [0.5, 0.6) is 0 Å². The van der Waals surface area contributed by atoms with Crippen molar-refractivity contribution in [3.8, 4) is 0 Å². The van der Waals surface area contributed by atoms with E-state index in [0.717, 1.165) is 11.3 Å². The summed E-state index contributed by atoms with van der Waals surface area (Å²) in [6.07, 6.45) is 0. The van der Waals surface area contributed by atoms with E-state index in [1.54, 1.807) is 37.3 Å². The molecule has 0 spiro atoms. The zero-order valence-corrected chi connectivity index (χ0v) is 19.5. The van der Waals surface area contributed by atoms with Crippen molar-refractivity contribution in [3.63, 3.8) is 0 Å². The number of rotatable bonds is 8. The van der Waals surface area contributed by atoms with Gasteiger partial charge in [-0.15, -0.1) is 11.8 Å². The second-order valence-electron chi connectivity index (χ2n) is 6.97. The topological polar surface area (TPSA) is 75.3 Å². The molecule has 0 aliphatic heterocycles. The maximum atomic E-state index is 12.7. The minimum Gasteiger partial charge on any atom is -0.325 e. The number of sulfonamides is 1. The largest absolute Gasteiger partial charge is 0.325 e. The summed E-state index contributed by atoms with van der Waals surface area (Å²) in [5, 5.41) is 3.06. The Hall–Kier alpha value is -2.48. The van der Waals surface area contributed by atoms with Crippen LogP contribution in [0.25, 0.3) is 0 Å². The molecule has 3 aromatic carbocycles. The van der Waals surface area contributed by atoms with Crippen molar-refractivity contribution < 1.29 is 13.2 Å². The highest BCUT2D eigenvalue weighted by Crippen LogP contribution is 2.26. The minimum atomic E-state index is -3.78. The molecule has 1 atom stereocenters. The number of carbonyl (C=O) groups excluding carboxylic acids is 1. The van der Waals surface area contributed by atoms with Crippen LogP contribution in [0, 0.1) is 6.92 Å². The van der Waals surface area contributed by atoms with Gasteiger partial charge in [-0.05, 0) is 61.4 Å². The fourth-order valence-corrected chi connectivity index (χ4v) is 4.90. The van der Waals surface area contributed by atoms with E-state index in [4.69, 9.17) is 11.6 Å². The molecule has 31 heavy (non-hydrogen) atoms. The molecule has 5 nitrogen and oxygen atoms in total. The summed E-state index contributed by atoms with van der Waals surface area (Å²) >= 11 is 7.60. The minimum absolute atomic E-state index is 0.0939. The molecule has 0 bridgehead atoms. The fourth-order valence-electron chi connectivity index (χ4n) is 2.75. The molecule has 0 aliphatic carbocycles. The number of amides is 1. The van der Waals surface area contributed by atoms with Gasteiger partial charge in [0, 0.05) is 16.5 Å². The van der Waals surface area contributed by atoms with Gasteiger partial charge in [0.05, 0.1) is 15.8 Å².